The van der Waals surface area contributed by atoms with Crippen LogP contribution in [0.1, 0.15) is 12.5 Å². The SMILES string of the molecule is CC(=O)Nc1ncc(-c2ccc3ncc4c(=O)[nH]c(=O)n(-c5cccc(C(F)(F)F)c5)c4c3n2)cn1. The van der Waals surface area contributed by atoms with Gasteiger partial charge in [0.25, 0.3) is 5.56 Å². The van der Waals surface area contributed by atoms with E-state index in [2.05, 4.69) is 30.2 Å². The summed E-state index contributed by atoms with van der Waals surface area (Å²) in [6.45, 7) is 1.31. The number of nitrogens with zero attached hydrogens (tertiary/aromatic N) is 5. The Morgan fingerprint density at radius 3 is 2.47 bits per heavy atom. The molecule has 0 aliphatic rings. The minimum absolute atomic E-state index is 0.00860. The van der Waals surface area contributed by atoms with E-state index in [4.69, 9.17) is 0 Å². The monoisotopic (exact) mass is 493 g/mol. The molecule has 2 N–H and O–H groups in total. The van der Waals surface area contributed by atoms with Crippen LogP contribution in [-0.4, -0.2) is 35.4 Å². The minimum Gasteiger partial charge on any atom is -0.295 e. The zero-order valence-electron chi connectivity index (χ0n) is 18.3. The van der Waals surface area contributed by atoms with Crippen molar-refractivity contribution >= 4 is 33.8 Å². The maximum absolute atomic E-state index is 13.4. The summed E-state index contributed by atoms with van der Waals surface area (Å²) in [5.74, 6) is -0.258. The third-order valence-corrected chi connectivity index (χ3v) is 5.25. The molecule has 1 aromatic carbocycles. The number of H-pyrrole nitrogens is 1. The van der Waals surface area contributed by atoms with E-state index in [-0.39, 0.29) is 34.0 Å². The normalized spacial score (nSPS) is 11.7. The molecular formula is C23H14F3N7O3. The molecule has 0 atom stereocenters. The highest BCUT2D eigenvalue weighted by Crippen LogP contribution is 2.31. The second kappa shape index (κ2) is 8.37. The smallest absolute Gasteiger partial charge is 0.295 e. The molecule has 0 spiro atoms. The van der Waals surface area contributed by atoms with Gasteiger partial charge in [-0.25, -0.2) is 19.7 Å². The van der Waals surface area contributed by atoms with Crippen LogP contribution in [0.15, 0.2) is 64.6 Å². The number of benzene rings is 1. The van der Waals surface area contributed by atoms with E-state index in [1.165, 1.54) is 31.6 Å². The Bertz CT molecular complexity index is 1780. The van der Waals surface area contributed by atoms with Crippen molar-refractivity contribution in [2.45, 2.75) is 13.1 Å². The zero-order chi connectivity index (χ0) is 25.6. The van der Waals surface area contributed by atoms with Gasteiger partial charge in [-0.05, 0) is 30.3 Å². The van der Waals surface area contributed by atoms with E-state index in [0.29, 0.717) is 16.8 Å². The first-order valence-corrected chi connectivity index (χ1v) is 10.3. The molecule has 1 amide bonds. The van der Waals surface area contributed by atoms with Crippen LogP contribution in [0.4, 0.5) is 19.1 Å². The first-order valence-electron chi connectivity index (χ1n) is 10.3. The van der Waals surface area contributed by atoms with Crippen LogP contribution in [0.25, 0.3) is 38.9 Å². The number of rotatable bonds is 3. The maximum Gasteiger partial charge on any atom is 0.416 e. The van der Waals surface area contributed by atoms with Crippen molar-refractivity contribution in [1.82, 2.24) is 29.5 Å². The van der Waals surface area contributed by atoms with Gasteiger partial charge in [-0.2, -0.15) is 13.2 Å². The van der Waals surface area contributed by atoms with Crippen molar-refractivity contribution in [3.8, 4) is 16.9 Å². The molecule has 13 heteroatoms. The molecule has 4 aromatic heterocycles. The van der Waals surface area contributed by atoms with Crippen molar-refractivity contribution in [3.05, 3.63) is 81.4 Å². The summed E-state index contributed by atoms with van der Waals surface area (Å²) in [5.41, 5.74) is -1.59. The first kappa shape index (κ1) is 22.8. The third kappa shape index (κ3) is 4.06. The van der Waals surface area contributed by atoms with Crippen molar-refractivity contribution in [2.24, 2.45) is 0 Å². The van der Waals surface area contributed by atoms with Crippen LogP contribution in [0.3, 0.4) is 0 Å². The second-order valence-electron chi connectivity index (χ2n) is 7.70. The van der Waals surface area contributed by atoms with Gasteiger partial charge in [0.15, 0.2) is 0 Å². The van der Waals surface area contributed by atoms with Crippen molar-refractivity contribution < 1.29 is 18.0 Å². The number of halogens is 3. The molecule has 36 heavy (non-hydrogen) atoms. The topological polar surface area (TPSA) is 136 Å². The van der Waals surface area contributed by atoms with E-state index in [0.717, 1.165) is 22.8 Å². The number of anilines is 1. The molecule has 0 fully saturated rings. The van der Waals surface area contributed by atoms with Gasteiger partial charge in [-0.15, -0.1) is 0 Å². The van der Waals surface area contributed by atoms with Gasteiger partial charge in [-0.3, -0.25) is 29.4 Å². The summed E-state index contributed by atoms with van der Waals surface area (Å²) in [7, 11) is 0. The van der Waals surface area contributed by atoms with Crippen molar-refractivity contribution in [1.29, 1.82) is 0 Å². The number of aromatic nitrogens is 6. The number of hydrogen-bond acceptors (Lipinski definition) is 7. The Hall–Kier alpha value is -4.94. The highest BCUT2D eigenvalue weighted by Gasteiger charge is 2.31. The van der Waals surface area contributed by atoms with Gasteiger partial charge < -0.3 is 0 Å². The molecule has 0 unspecified atom stereocenters. The highest BCUT2D eigenvalue weighted by molar-refractivity contribution is 6.01. The number of nitrogens with one attached hydrogen (secondary N) is 2. The average molecular weight is 493 g/mol. The number of alkyl halides is 3. The summed E-state index contributed by atoms with van der Waals surface area (Å²) >= 11 is 0. The molecule has 0 aliphatic heterocycles. The average Bonchev–Trinajstić information content (AvgIpc) is 2.83. The molecule has 0 saturated carbocycles. The summed E-state index contributed by atoms with van der Waals surface area (Å²) in [6.07, 6.45) is -0.585. The van der Waals surface area contributed by atoms with Gasteiger partial charge in [0.1, 0.15) is 5.52 Å². The molecule has 0 radical (unpaired) electrons. The number of hydrogen-bond donors (Lipinski definition) is 2. The Morgan fingerprint density at radius 2 is 1.78 bits per heavy atom. The Balaban J connectivity index is 1.78. The van der Waals surface area contributed by atoms with Gasteiger partial charge in [-0.1, -0.05) is 6.07 Å². The second-order valence-corrected chi connectivity index (χ2v) is 7.70. The zero-order valence-corrected chi connectivity index (χ0v) is 18.3. The molecule has 0 aliphatic carbocycles. The predicted molar refractivity (Wildman–Crippen MR) is 124 cm³/mol. The van der Waals surface area contributed by atoms with Crippen LogP contribution in [0.5, 0.6) is 0 Å². The fourth-order valence-electron chi connectivity index (χ4n) is 3.68. The number of fused-ring (bicyclic) bond motifs is 3. The molecular weight excluding hydrogens is 479 g/mol. The van der Waals surface area contributed by atoms with Crippen LogP contribution in [0.2, 0.25) is 0 Å². The number of amides is 1. The van der Waals surface area contributed by atoms with E-state index < -0.39 is 23.0 Å². The number of carbonyl (C=O) groups is 1. The van der Waals surface area contributed by atoms with E-state index in [1.807, 2.05) is 0 Å². The van der Waals surface area contributed by atoms with Crippen LogP contribution < -0.4 is 16.6 Å². The van der Waals surface area contributed by atoms with Gasteiger partial charge in [0.05, 0.1) is 33.4 Å². The molecule has 10 nitrogen and oxygen atoms in total. The summed E-state index contributed by atoms with van der Waals surface area (Å²) < 4.78 is 41.0. The van der Waals surface area contributed by atoms with Crippen LogP contribution >= 0.6 is 0 Å². The van der Waals surface area contributed by atoms with Crippen LogP contribution in [0, 0.1) is 0 Å². The lowest BCUT2D eigenvalue weighted by atomic mass is 10.1. The number of pyridine rings is 2. The lowest BCUT2D eigenvalue weighted by Crippen LogP contribution is -2.29. The van der Waals surface area contributed by atoms with Gasteiger partial charge >= 0.3 is 11.9 Å². The fourth-order valence-corrected chi connectivity index (χ4v) is 3.68. The Labute approximate surface area is 198 Å². The molecule has 5 aromatic rings. The molecule has 180 valence electrons. The molecule has 4 heterocycles. The van der Waals surface area contributed by atoms with Gasteiger partial charge in [0, 0.05) is 31.1 Å². The van der Waals surface area contributed by atoms with Gasteiger partial charge in [0.2, 0.25) is 11.9 Å². The van der Waals surface area contributed by atoms with Crippen molar-refractivity contribution in [3.63, 3.8) is 0 Å². The molecule has 0 saturated heterocycles. The van der Waals surface area contributed by atoms with Crippen molar-refractivity contribution in [2.75, 3.05) is 5.32 Å². The summed E-state index contributed by atoms with van der Waals surface area (Å²) in [4.78, 5) is 55.6. The van der Waals surface area contributed by atoms with E-state index in [1.54, 1.807) is 12.1 Å². The number of carbonyl (C=O) groups excluding carboxylic acids is 1. The third-order valence-electron chi connectivity index (χ3n) is 5.25. The minimum atomic E-state index is -4.64. The van der Waals surface area contributed by atoms with E-state index >= 15 is 0 Å². The fraction of sp³-hybridized carbons (Fsp3) is 0.0870. The molecule has 0 bridgehead atoms. The largest absolute Gasteiger partial charge is 0.416 e. The first-order chi connectivity index (χ1) is 17.1. The van der Waals surface area contributed by atoms with E-state index in [9.17, 15) is 27.6 Å². The molecule has 5 rings (SSSR count). The quantitative estimate of drug-likeness (QED) is 0.369. The Morgan fingerprint density at radius 1 is 1.03 bits per heavy atom. The lowest BCUT2D eigenvalue weighted by molar-refractivity contribution is -0.137. The predicted octanol–water partition coefficient (Wildman–Crippen LogP) is 3.06. The Kier molecular flexibility index (Phi) is 5.31. The summed E-state index contributed by atoms with van der Waals surface area (Å²) in [6, 6.07) is 7.36. The summed E-state index contributed by atoms with van der Waals surface area (Å²) in [5, 5.41) is 2.40. The van der Waals surface area contributed by atoms with Crippen LogP contribution in [-0.2, 0) is 11.0 Å². The number of aromatic amines is 1. The maximum atomic E-state index is 13.4. The highest BCUT2D eigenvalue weighted by atomic mass is 19.4. The standard InChI is InChI=1S/C23H14F3N7O3/c1-11(34)30-21-28-8-12(9-29-21)16-5-6-17-18(31-16)19-15(10-27-17)20(35)32-22(36)33(19)14-4-2-3-13(7-14)23(24,25)26/h2-10H,1H3,(H,32,35,36)(H,28,29,30,34). The lowest BCUT2D eigenvalue weighted by Gasteiger charge is -2.14.